The lowest BCUT2D eigenvalue weighted by Crippen LogP contribution is -2.35. The maximum Gasteiger partial charge on any atom is 0.416 e. The predicted octanol–water partition coefficient (Wildman–Crippen LogP) is 3.50. The van der Waals surface area contributed by atoms with Crippen molar-refractivity contribution in [2.75, 3.05) is 40.1 Å². The second-order valence-electron chi connectivity index (χ2n) is 6.38. The second kappa shape index (κ2) is 10.2. The highest BCUT2D eigenvalue weighted by atomic mass is 35.5. The largest absolute Gasteiger partial charge is 0.469 e. The zero-order chi connectivity index (χ0) is 20.5. The van der Waals surface area contributed by atoms with Crippen LogP contribution in [-0.2, 0) is 15.7 Å². The molecule has 6 nitrogen and oxygen atoms in total. The van der Waals surface area contributed by atoms with Gasteiger partial charge in [-0.15, -0.1) is 0 Å². The third kappa shape index (κ3) is 10.8. The molecule has 1 rings (SSSR count). The lowest BCUT2D eigenvalue weighted by atomic mass is 10.2. The number of nitrogens with two attached hydrogens (primary N) is 1. The molecule has 0 saturated carbocycles. The number of primary amides is 1. The van der Waals surface area contributed by atoms with Crippen LogP contribution in [0, 0.1) is 0 Å². The number of methoxy groups -OCH3 is 1. The quantitative estimate of drug-likeness (QED) is 0.588. The van der Waals surface area contributed by atoms with Crippen LogP contribution >= 0.6 is 11.6 Å². The number of quaternary nitrogens is 1. The second-order valence-corrected chi connectivity index (χ2v) is 6.78. The summed E-state index contributed by atoms with van der Waals surface area (Å²) >= 11 is 5.55. The fourth-order valence-corrected chi connectivity index (χ4v) is 1.89. The van der Waals surface area contributed by atoms with Gasteiger partial charge in [0.05, 0.1) is 57.5 Å². The molecule has 0 spiro atoms. The average Bonchev–Trinajstić information content (AvgIpc) is 2.47. The topological polar surface area (TPSA) is 81.4 Å². The van der Waals surface area contributed by atoms with Gasteiger partial charge in [0.15, 0.2) is 0 Å². The number of rotatable bonds is 5. The maximum absolute atomic E-state index is 12.2. The van der Waals surface area contributed by atoms with E-state index in [-0.39, 0.29) is 16.7 Å². The Hall–Kier alpha value is -2.00. The van der Waals surface area contributed by atoms with Crippen LogP contribution in [0.3, 0.4) is 0 Å². The van der Waals surface area contributed by atoms with E-state index in [0.717, 1.165) is 29.6 Å². The number of ether oxygens (including phenoxy) is 1. The highest BCUT2D eigenvalue weighted by Gasteiger charge is 2.31. The number of alkyl halides is 3. The van der Waals surface area contributed by atoms with Gasteiger partial charge < -0.3 is 20.3 Å². The predicted molar refractivity (Wildman–Crippen MR) is 93.8 cm³/mol. The van der Waals surface area contributed by atoms with Crippen LogP contribution in [0.2, 0.25) is 5.02 Å². The number of amides is 2. The molecule has 3 N–H and O–H groups in total. The van der Waals surface area contributed by atoms with E-state index in [1.807, 2.05) is 5.32 Å². The molecule has 0 fully saturated rings. The molecule has 0 heterocycles. The summed E-state index contributed by atoms with van der Waals surface area (Å²) in [5.74, 6) is -0.113. The number of halogens is 4. The minimum Gasteiger partial charge on any atom is -0.469 e. The summed E-state index contributed by atoms with van der Waals surface area (Å²) in [5, 5.41) is 1.98. The zero-order valence-corrected chi connectivity index (χ0v) is 15.9. The van der Waals surface area contributed by atoms with Crippen molar-refractivity contribution >= 4 is 29.3 Å². The van der Waals surface area contributed by atoms with Crippen LogP contribution in [0.4, 0.5) is 23.7 Å². The third-order valence-electron chi connectivity index (χ3n) is 2.99. The molecular weight excluding hydrogens is 375 g/mol. The van der Waals surface area contributed by atoms with Crippen molar-refractivity contribution in [3.05, 3.63) is 28.8 Å². The minimum absolute atomic E-state index is 0.0122. The molecule has 0 unspecified atom stereocenters. The van der Waals surface area contributed by atoms with E-state index in [2.05, 4.69) is 25.9 Å². The molecule has 0 aliphatic rings. The summed E-state index contributed by atoms with van der Waals surface area (Å²) in [6, 6.07) is 1.59. The molecule has 0 radical (unpaired) electrons. The van der Waals surface area contributed by atoms with Crippen molar-refractivity contribution in [1.29, 1.82) is 0 Å². The van der Waals surface area contributed by atoms with E-state index >= 15 is 0 Å². The highest BCUT2D eigenvalue weighted by Crippen LogP contribution is 2.33. The Morgan fingerprint density at radius 3 is 2.27 bits per heavy atom. The molecule has 0 bridgehead atoms. The number of nitrogens with zero attached hydrogens (tertiary/aromatic N) is 1. The monoisotopic (exact) mass is 398 g/mol. The number of hydrogen-bond donors (Lipinski definition) is 2. The van der Waals surface area contributed by atoms with Gasteiger partial charge in [-0.1, -0.05) is 11.6 Å². The smallest absolute Gasteiger partial charge is 0.416 e. The number of urea groups is 1. The van der Waals surface area contributed by atoms with Gasteiger partial charge in [0.1, 0.15) is 0 Å². The molecule has 0 aliphatic carbocycles. The highest BCUT2D eigenvalue weighted by molar-refractivity contribution is 6.33. The zero-order valence-electron chi connectivity index (χ0n) is 15.1. The van der Waals surface area contributed by atoms with Crippen molar-refractivity contribution in [3.63, 3.8) is 0 Å². The molecule has 1 aromatic carbocycles. The van der Waals surface area contributed by atoms with Crippen LogP contribution < -0.4 is 11.1 Å². The first-order valence-electron chi connectivity index (χ1n) is 7.56. The maximum atomic E-state index is 12.2. The summed E-state index contributed by atoms with van der Waals surface area (Å²) in [4.78, 5) is 21.1. The third-order valence-corrected chi connectivity index (χ3v) is 3.32. The van der Waals surface area contributed by atoms with Crippen LogP contribution in [0.1, 0.15) is 18.4 Å². The van der Waals surface area contributed by atoms with E-state index in [1.165, 1.54) is 7.11 Å². The Morgan fingerprint density at radius 1 is 1.27 bits per heavy atom. The fraction of sp³-hybridized carbons (Fsp3) is 0.500. The number of hydrogen-bond acceptors (Lipinski definition) is 3. The summed E-state index contributed by atoms with van der Waals surface area (Å²) in [6.07, 6.45) is -3.05. The lowest BCUT2D eigenvalue weighted by molar-refractivity contribution is -0.870. The van der Waals surface area contributed by atoms with Gasteiger partial charge in [0, 0.05) is 6.42 Å². The van der Waals surface area contributed by atoms with Gasteiger partial charge in [-0.2, -0.15) is 13.2 Å². The van der Waals surface area contributed by atoms with Gasteiger partial charge in [-0.25, -0.2) is 4.79 Å². The Labute approximate surface area is 155 Å². The van der Waals surface area contributed by atoms with Crippen molar-refractivity contribution in [2.24, 2.45) is 5.73 Å². The normalized spacial score (nSPS) is 11.2. The van der Waals surface area contributed by atoms with Gasteiger partial charge in [0.2, 0.25) is 0 Å². The molecule has 148 valence electrons. The molecule has 0 aliphatic heterocycles. The molecule has 0 aromatic heterocycles. The van der Waals surface area contributed by atoms with Crippen LogP contribution in [0.5, 0.6) is 0 Å². The van der Waals surface area contributed by atoms with Gasteiger partial charge in [-0.3, -0.25) is 4.79 Å². The van der Waals surface area contributed by atoms with Crippen molar-refractivity contribution in [2.45, 2.75) is 19.0 Å². The van der Waals surface area contributed by atoms with E-state index in [1.54, 1.807) is 0 Å². The molecule has 0 atom stereocenters. The number of nitrogens with one attached hydrogen (secondary N) is 1. The summed E-state index contributed by atoms with van der Waals surface area (Å²) in [6.45, 7) is 1.01. The standard InChI is InChI=1S/C8H6ClF3N2O.C8H18NO2/c9-5-2-1-4(8(10,11)12)3-6(5)14-7(13)15;1-9(2,3)7-5-6-8(10)11-4/h1-3H,(H3,13,14,15);5-7H2,1-4H3/q;+1. The van der Waals surface area contributed by atoms with E-state index in [0.29, 0.717) is 12.5 Å². The van der Waals surface area contributed by atoms with Gasteiger partial charge >= 0.3 is 18.2 Å². The average molecular weight is 399 g/mol. The Bertz CT molecular complexity index is 617. The van der Waals surface area contributed by atoms with Crippen molar-refractivity contribution in [3.8, 4) is 0 Å². The van der Waals surface area contributed by atoms with Gasteiger partial charge in [-0.05, 0) is 18.2 Å². The van der Waals surface area contributed by atoms with Crippen LogP contribution in [-0.4, -0.2) is 51.3 Å². The number of esters is 1. The van der Waals surface area contributed by atoms with E-state index < -0.39 is 17.8 Å². The van der Waals surface area contributed by atoms with Crippen LogP contribution in [0.25, 0.3) is 0 Å². The first kappa shape index (κ1) is 24.0. The Kier molecular flexibility index (Phi) is 9.44. The van der Waals surface area contributed by atoms with Crippen molar-refractivity contribution in [1.82, 2.24) is 0 Å². The molecule has 1 aromatic rings. The Balaban J connectivity index is 0.000000508. The number of carbonyl (C=O) groups is 2. The van der Waals surface area contributed by atoms with E-state index in [4.69, 9.17) is 17.3 Å². The first-order valence-corrected chi connectivity index (χ1v) is 7.94. The molecule has 0 saturated heterocycles. The van der Waals surface area contributed by atoms with E-state index in [9.17, 15) is 22.8 Å². The molecule has 10 heteroatoms. The SMILES string of the molecule is COC(=O)CCC[N+](C)(C)C.NC(=O)Nc1cc(C(F)(F)F)ccc1Cl. The summed E-state index contributed by atoms with van der Waals surface area (Å²) in [5.41, 5.74) is 3.69. The van der Waals surface area contributed by atoms with Gasteiger partial charge in [0.25, 0.3) is 0 Å². The first-order chi connectivity index (χ1) is 11.8. The number of anilines is 1. The lowest BCUT2D eigenvalue weighted by Gasteiger charge is -2.23. The number of benzene rings is 1. The van der Waals surface area contributed by atoms with Crippen LogP contribution in [0.15, 0.2) is 18.2 Å². The minimum atomic E-state index is -4.49. The van der Waals surface area contributed by atoms with Crippen molar-refractivity contribution < 1.29 is 32.0 Å². The molecule has 26 heavy (non-hydrogen) atoms. The molecule has 2 amide bonds. The fourth-order valence-electron chi connectivity index (χ4n) is 1.73. The summed E-state index contributed by atoms with van der Waals surface area (Å²) < 4.78 is 42.2. The number of carbonyl (C=O) groups excluding carboxylic acids is 2. The summed E-state index contributed by atoms with van der Waals surface area (Å²) in [7, 11) is 7.75. The Morgan fingerprint density at radius 2 is 1.85 bits per heavy atom. The molecular formula is C16H24ClF3N3O3+.